The Labute approximate surface area is 124 Å². The van der Waals surface area contributed by atoms with Crippen LogP contribution in [-0.4, -0.2) is 20.9 Å². The molecule has 0 saturated heterocycles. The maximum Gasteiger partial charge on any atom is 0.310 e. The molecular weight excluding hydrogens is 266 g/mol. The average Bonchev–Trinajstić information content (AvgIpc) is 2.85. The number of hydrogen-bond acceptors (Lipinski definition) is 3. The van der Waals surface area contributed by atoms with Crippen molar-refractivity contribution in [3.8, 4) is 0 Å². The number of anilines is 1. The van der Waals surface area contributed by atoms with Crippen LogP contribution in [0, 0.1) is 0 Å². The summed E-state index contributed by atoms with van der Waals surface area (Å²) in [6, 6.07) is 7.67. The van der Waals surface area contributed by atoms with E-state index in [9.17, 15) is 4.79 Å². The number of carboxylic acid groups (broad SMARTS) is 1. The minimum absolute atomic E-state index is 0.475. The summed E-state index contributed by atoms with van der Waals surface area (Å²) in [5, 5.41) is 16.8. The SMILES string of the molecule is CCc1nn(C)cc1NCc1ccc(C(C)C(=O)O)cc1. The van der Waals surface area contributed by atoms with Crippen LogP contribution in [0.25, 0.3) is 0 Å². The number of hydrogen-bond donors (Lipinski definition) is 2. The molecule has 112 valence electrons. The Morgan fingerprint density at radius 1 is 1.38 bits per heavy atom. The van der Waals surface area contributed by atoms with Crippen molar-refractivity contribution in [3.05, 3.63) is 47.3 Å². The molecule has 2 aromatic rings. The van der Waals surface area contributed by atoms with Gasteiger partial charge in [-0.15, -0.1) is 0 Å². The summed E-state index contributed by atoms with van der Waals surface area (Å²) < 4.78 is 1.80. The lowest BCUT2D eigenvalue weighted by Crippen LogP contribution is -2.07. The van der Waals surface area contributed by atoms with Gasteiger partial charge in [0.2, 0.25) is 0 Å². The third-order valence-electron chi connectivity index (χ3n) is 3.57. The second-order valence-electron chi connectivity index (χ2n) is 5.17. The summed E-state index contributed by atoms with van der Waals surface area (Å²) in [5.41, 5.74) is 4.03. The lowest BCUT2D eigenvalue weighted by molar-refractivity contribution is -0.138. The van der Waals surface area contributed by atoms with Gasteiger partial charge < -0.3 is 10.4 Å². The Kier molecular flexibility index (Phi) is 4.62. The Morgan fingerprint density at radius 3 is 2.62 bits per heavy atom. The van der Waals surface area contributed by atoms with Gasteiger partial charge in [-0.2, -0.15) is 5.10 Å². The Morgan fingerprint density at radius 2 is 2.05 bits per heavy atom. The first-order chi connectivity index (χ1) is 10.0. The molecule has 0 radical (unpaired) electrons. The van der Waals surface area contributed by atoms with Crippen LogP contribution in [0.2, 0.25) is 0 Å². The smallest absolute Gasteiger partial charge is 0.310 e. The zero-order chi connectivity index (χ0) is 15.4. The number of rotatable bonds is 6. The predicted molar refractivity (Wildman–Crippen MR) is 82.4 cm³/mol. The molecule has 1 unspecified atom stereocenters. The summed E-state index contributed by atoms with van der Waals surface area (Å²) in [5.74, 6) is -1.28. The van der Waals surface area contributed by atoms with Gasteiger partial charge >= 0.3 is 5.97 Å². The van der Waals surface area contributed by atoms with Gasteiger partial charge in [-0.3, -0.25) is 9.48 Å². The third kappa shape index (κ3) is 3.62. The first kappa shape index (κ1) is 15.1. The molecule has 0 aliphatic carbocycles. The molecule has 5 nitrogen and oxygen atoms in total. The number of carbonyl (C=O) groups is 1. The molecule has 2 rings (SSSR count). The van der Waals surface area contributed by atoms with Crippen molar-refractivity contribution in [3.63, 3.8) is 0 Å². The standard InChI is InChI=1S/C16H21N3O2/c1-4-14-15(10-19(3)18-14)17-9-12-5-7-13(8-6-12)11(2)16(20)21/h5-8,10-11,17H,4,9H2,1-3H3,(H,20,21). The zero-order valence-corrected chi connectivity index (χ0v) is 12.6. The number of carboxylic acids is 1. The molecule has 1 atom stereocenters. The van der Waals surface area contributed by atoms with E-state index in [0.29, 0.717) is 6.54 Å². The normalized spacial score (nSPS) is 12.1. The fourth-order valence-corrected chi connectivity index (χ4v) is 2.21. The Bertz CT molecular complexity index is 617. The van der Waals surface area contributed by atoms with Gasteiger partial charge in [-0.05, 0) is 24.5 Å². The van der Waals surface area contributed by atoms with Gasteiger partial charge in [-0.25, -0.2) is 0 Å². The van der Waals surface area contributed by atoms with Crippen molar-refractivity contribution in [1.82, 2.24) is 9.78 Å². The predicted octanol–water partition coefficient (Wildman–Crippen LogP) is 2.78. The Hall–Kier alpha value is -2.30. The molecule has 1 aromatic carbocycles. The summed E-state index contributed by atoms with van der Waals surface area (Å²) in [7, 11) is 1.91. The largest absolute Gasteiger partial charge is 0.481 e. The third-order valence-corrected chi connectivity index (χ3v) is 3.57. The van der Waals surface area contributed by atoms with Crippen molar-refractivity contribution < 1.29 is 9.90 Å². The van der Waals surface area contributed by atoms with Gasteiger partial charge in [0.1, 0.15) is 0 Å². The minimum atomic E-state index is -0.802. The molecule has 0 saturated carbocycles. The Balaban J connectivity index is 2.02. The molecule has 0 amide bonds. The van der Waals surface area contributed by atoms with E-state index in [4.69, 9.17) is 5.11 Å². The summed E-state index contributed by atoms with van der Waals surface area (Å²) in [6.45, 7) is 4.47. The molecule has 0 fully saturated rings. The first-order valence-corrected chi connectivity index (χ1v) is 7.09. The van der Waals surface area contributed by atoms with E-state index in [1.807, 2.05) is 37.5 Å². The fraction of sp³-hybridized carbons (Fsp3) is 0.375. The average molecular weight is 287 g/mol. The molecule has 5 heteroatoms. The lowest BCUT2D eigenvalue weighted by Gasteiger charge is -2.09. The zero-order valence-electron chi connectivity index (χ0n) is 12.6. The number of nitrogens with zero attached hydrogens (tertiary/aromatic N) is 2. The van der Waals surface area contributed by atoms with Gasteiger partial charge in [0.15, 0.2) is 0 Å². The van der Waals surface area contributed by atoms with Crippen LogP contribution in [0.1, 0.15) is 36.6 Å². The highest BCUT2D eigenvalue weighted by Crippen LogP contribution is 2.18. The van der Waals surface area contributed by atoms with E-state index in [-0.39, 0.29) is 0 Å². The van der Waals surface area contributed by atoms with Crippen molar-refractivity contribution in [2.24, 2.45) is 7.05 Å². The summed E-state index contributed by atoms with van der Waals surface area (Å²) >= 11 is 0. The van der Waals surface area contributed by atoms with Crippen molar-refractivity contribution in [2.75, 3.05) is 5.32 Å². The second-order valence-corrected chi connectivity index (χ2v) is 5.17. The number of aliphatic carboxylic acids is 1. The molecule has 0 spiro atoms. The van der Waals surface area contributed by atoms with E-state index in [1.165, 1.54) is 0 Å². The lowest BCUT2D eigenvalue weighted by atomic mass is 10.00. The van der Waals surface area contributed by atoms with Crippen molar-refractivity contribution >= 4 is 11.7 Å². The summed E-state index contributed by atoms with van der Waals surface area (Å²) in [4.78, 5) is 10.9. The van der Waals surface area contributed by atoms with Crippen molar-refractivity contribution in [1.29, 1.82) is 0 Å². The molecule has 1 aromatic heterocycles. The molecular formula is C16H21N3O2. The van der Waals surface area contributed by atoms with Crippen LogP contribution >= 0.6 is 0 Å². The van der Waals surface area contributed by atoms with Crippen LogP contribution in [0.15, 0.2) is 30.5 Å². The molecule has 0 aliphatic rings. The van der Waals surface area contributed by atoms with Gasteiger partial charge in [0.25, 0.3) is 0 Å². The van der Waals surface area contributed by atoms with Crippen LogP contribution in [0.4, 0.5) is 5.69 Å². The number of aromatic nitrogens is 2. The quantitative estimate of drug-likeness (QED) is 0.857. The molecule has 21 heavy (non-hydrogen) atoms. The van der Waals surface area contributed by atoms with Crippen LogP contribution in [0.3, 0.4) is 0 Å². The van der Waals surface area contributed by atoms with E-state index < -0.39 is 11.9 Å². The molecule has 2 N–H and O–H groups in total. The summed E-state index contributed by atoms with van der Waals surface area (Å²) in [6.07, 6.45) is 2.86. The minimum Gasteiger partial charge on any atom is -0.481 e. The topological polar surface area (TPSA) is 67.2 Å². The maximum atomic E-state index is 10.9. The van der Waals surface area contributed by atoms with Crippen LogP contribution in [0.5, 0.6) is 0 Å². The van der Waals surface area contributed by atoms with E-state index in [1.54, 1.807) is 11.6 Å². The van der Waals surface area contributed by atoms with Crippen LogP contribution in [-0.2, 0) is 24.8 Å². The van der Waals surface area contributed by atoms with Gasteiger partial charge in [0.05, 0.1) is 17.3 Å². The highest BCUT2D eigenvalue weighted by Gasteiger charge is 2.13. The fourth-order valence-electron chi connectivity index (χ4n) is 2.21. The maximum absolute atomic E-state index is 10.9. The number of nitrogens with one attached hydrogen (secondary N) is 1. The second kappa shape index (κ2) is 6.43. The highest BCUT2D eigenvalue weighted by molar-refractivity contribution is 5.75. The number of benzene rings is 1. The molecule has 0 aliphatic heterocycles. The highest BCUT2D eigenvalue weighted by atomic mass is 16.4. The van der Waals surface area contributed by atoms with E-state index in [2.05, 4.69) is 17.3 Å². The van der Waals surface area contributed by atoms with Gasteiger partial charge in [-0.1, -0.05) is 31.2 Å². The monoisotopic (exact) mass is 287 g/mol. The number of aryl methyl sites for hydroxylation is 2. The molecule has 0 bridgehead atoms. The van der Waals surface area contributed by atoms with Crippen molar-refractivity contribution in [2.45, 2.75) is 32.7 Å². The van der Waals surface area contributed by atoms with E-state index >= 15 is 0 Å². The van der Waals surface area contributed by atoms with Crippen LogP contribution < -0.4 is 5.32 Å². The van der Waals surface area contributed by atoms with E-state index in [0.717, 1.165) is 28.9 Å². The van der Waals surface area contributed by atoms with Gasteiger partial charge in [0, 0.05) is 19.8 Å². The first-order valence-electron chi connectivity index (χ1n) is 7.09. The molecule has 1 heterocycles.